The number of anilines is 1. The van der Waals surface area contributed by atoms with Crippen LogP contribution < -0.4 is 9.86 Å². The van der Waals surface area contributed by atoms with E-state index in [1.165, 1.54) is 0 Å². The molecule has 0 unspecified atom stereocenters. The van der Waals surface area contributed by atoms with Gasteiger partial charge >= 0.3 is 0 Å². The monoisotopic (exact) mass is 316 g/mol. The topological polar surface area (TPSA) is 118 Å². The molecule has 22 heavy (non-hydrogen) atoms. The number of nitrogens with one attached hydrogen (secondary N) is 2. The Morgan fingerprint density at radius 1 is 1.09 bits per heavy atom. The number of aromatic amines is 1. The summed E-state index contributed by atoms with van der Waals surface area (Å²) in [4.78, 5) is 19.2. The minimum absolute atomic E-state index is 0.00168. The van der Waals surface area contributed by atoms with Gasteiger partial charge in [0, 0.05) is 11.1 Å². The van der Waals surface area contributed by atoms with E-state index in [-0.39, 0.29) is 11.7 Å². The van der Waals surface area contributed by atoms with Crippen molar-refractivity contribution in [1.29, 1.82) is 0 Å². The SMILES string of the molecule is NS(=O)(=O)Nc1nc2ccc(C(=O)c3ccccc3)cc2[nH]1. The smallest absolute Gasteiger partial charge is 0.298 e. The lowest BCUT2D eigenvalue weighted by atomic mass is 10.0. The highest BCUT2D eigenvalue weighted by Gasteiger charge is 2.12. The zero-order chi connectivity index (χ0) is 15.7. The van der Waals surface area contributed by atoms with E-state index in [1.807, 2.05) is 10.8 Å². The highest BCUT2D eigenvalue weighted by molar-refractivity contribution is 7.90. The molecule has 0 bridgehead atoms. The molecule has 1 aromatic heterocycles. The summed E-state index contributed by atoms with van der Waals surface area (Å²) in [7, 11) is -3.90. The maximum absolute atomic E-state index is 12.4. The van der Waals surface area contributed by atoms with Crippen molar-refractivity contribution >= 4 is 33.0 Å². The number of imidazole rings is 1. The van der Waals surface area contributed by atoms with E-state index in [0.29, 0.717) is 22.2 Å². The predicted molar refractivity (Wildman–Crippen MR) is 82.7 cm³/mol. The second kappa shape index (κ2) is 5.24. The van der Waals surface area contributed by atoms with Crippen LogP contribution >= 0.6 is 0 Å². The fourth-order valence-electron chi connectivity index (χ4n) is 2.09. The molecular formula is C14H12N4O3S. The summed E-state index contributed by atoms with van der Waals surface area (Å²) in [5.41, 5.74) is 2.11. The molecule has 0 saturated heterocycles. The number of hydrogen-bond acceptors (Lipinski definition) is 4. The number of ketones is 1. The average Bonchev–Trinajstić information content (AvgIpc) is 2.86. The average molecular weight is 316 g/mol. The van der Waals surface area contributed by atoms with Gasteiger partial charge in [0.1, 0.15) is 0 Å². The summed E-state index contributed by atoms with van der Waals surface area (Å²) in [6.45, 7) is 0. The van der Waals surface area contributed by atoms with Crippen LogP contribution in [0.4, 0.5) is 5.95 Å². The molecule has 4 N–H and O–H groups in total. The fraction of sp³-hybridized carbons (Fsp3) is 0. The highest BCUT2D eigenvalue weighted by atomic mass is 32.2. The lowest BCUT2D eigenvalue weighted by Gasteiger charge is -2.00. The van der Waals surface area contributed by atoms with E-state index in [2.05, 4.69) is 9.97 Å². The van der Waals surface area contributed by atoms with Crippen LogP contribution in [0.3, 0.4) is 0 Å². The number of rotatable bonds is 4. The molecule has 1 heterocycles. The molecule has 112 valence electrons. The van der Waals surface area contributed by atoms with Crippen LogP contribution in [-0.2, 0) is 10.2 Å². The number of nitrogens with two attached hydrogens (primary N) is 1. The first-order chi connectivity index (χ1) is 10.4. The second-order valence-corrected chi connectivity index (χ2v) is 5.95. The molecule has 0 atom stereocenters. The summed E-state index contributed by atoms with van der Waals surface area (Å²) in [5, 5.41) is 4.89. The third-order valence-electron chi connectivity index (χ3n) is 3.02. The molecule has 0 spiro atoms. The van der Waals surface area contributed by atoms with E-state index in [4.69, 9.17) is 5.14 Å². The number of aromatic nitrogens is 2. The third-order valence-corrected chi connectivity index (χ3v) is 3.50. The van der Waals surface area contributed by atoms with Crippen LogP contribution in [0.2, 0.25) is 0 Å². The Morgan fingerprint density at radius 3 is 2.50 bits per heavy atom. The van der Waals surface area contributed by atoms with E-state index in [1.54, 1.807) is 42.5 Å². The Morgan fingerprint density at radius 2 is 1.82 bits per heavy atom. The molecule has 0 amide bonds. The zero-order valence-electron chi connectivity index (χ0n) is 11.3. The van der Waals surface area contributed by atoms with E-state index < -0.39 is 10.2 Å². The molecule has 0 aliphatic heterocycles. The van der Waals surface area contributed by atoms with Crippen LogP contribution in [0.1, 0.15) is 15.9 Å². The molecular weight excluding hydrogens is 304 g/mol. The van der Waals surface area contributed by atoms with Gasteiger partial charge < -0.3 is 4.98 Å². The molecule has 0 radical (unpaired) electrons. The molecule has 0 saturated carbocycles. The van der Waals surface area contributed by atoms with Crippen molar-refractivity contribution < 1.29 is 13.2 Å². The molecule has 3 rings (SSSR count). The molecule has 7 nitrogen and oxygen atoms in total. The van der Waals surface area contributed by atoms with Crippen LogP contribution in [0, 0.1) is 0 Å². The fourth-order valence-corrected chi connectivity index (χ4v) is 2.46. The number of benzene rings is 2. The Balaban J connectivity index is 1.98. The highest BCUT2D eigenvalue weighted by Crippen LogP contribution is 2.18. The van der Waals surface area contributed by atoms with E-state index in [9.17, 15) is 13.2 Å². The standard InChI is InChI=1S/C14H12N4O3S/c15-22(20,21)18-14-16-11-7-6-10(8-12(11)17-14)13(19)9-4-2-1-3-5-9/h1-8H,(H2,15,20,21)(H2,16,17,18). The summed E-state index contributed by atoms with van der Waals surface area (Å²) in [6.07, 6.45) is 0. The molecule has 8 heteroatoms. The molecule has 0 aliphatic carbocycles. The first kappa shape index (κ1) is 14.2. The minimum atomic E-state index is -3.90. The van der Waals surface area contributed by atoms with Gasteiger partial charge in [0.2, 0.25) is 5.95 Å². The van der Waals surface area contributed by atoms with Crippen molar-refractivity contribution in [2.24, 2.45) is 5.14 Å². The van der Waals surface area contributed by atoms with Crippen LogP contribution in [0.25, 0.3) is 11.0 Å². The van der Waals surface area contributed by atoms with Gasteiger partial charge in [0.15, 0.2) is 5.78 Å². The van der Waals surface area contributed by atoms with Crippen molar-refractivity contribution in [3.05, 3.63) is 59.7 Å². The number of nitrogens with zero attached hydrogens (tertiary/aromatic N) is 1. The van der Waals surface area contributed by atoms with Gasteiger partial charge in [-0.15, -0.1) is 0 Å². The summed E-state index contributed by atoms with van der Waals surface area (Å²) in [6, 6.07) is 13.8. The number of H-pyrrole nitrogens is 1. The number of carbonyl (C=O) groups excluding carboxylic acids is 1. The minimum Gasteiger partial charge on any atom is -0.323 e. The second-order valence-electron chi connectivity index (χ2n) is 4.66. The quantitative estimate of drug-likeness (QED) is 0.631. The number of hydrogen-bond donors (Lipinski definition) is 3. The summed E-state index contributed by atoms with van der Waals surface area (Å²) >= 11 is 0. The van der Waals surface area contributed by atoms with Gasteiger partial charge in [-0.05, 0) is 18.2 Å². The van der Waals surface area contributed by atoms with Gasteiger partial charge in [-0.25, -0.2) is 14.8 Å². The maximum Gasteiger partial charge on any atom is 0.298 e. The lowest BCUT2D eigenvalue weighted by Crippen LogP contribution is -2.22. The van der Waals surface area contributed by atoms with Gasteiger partial charge in [0.05, 0.1) is 11.0 Å². The van der Waals surface area contributed by atoms with E-state index >= 15 is 0 Å². The zero-order valence-corrected chi connectivity index (χ0v) is 12.1. The maximum atomic E-state index is 12.4. The first-order valence-corrected chi connectivity index (χ1v) is 7.87. The van der Waals surface area contributed by atoms with Gasteiger partial charge in [-0.2, -0.15) is 8.42 Å². The van der Waals surface area contributed by atoms with Gasteiger partial charge in [0.25, 0.3) is 10.2 Å². The first-order valence-electron chi connectivity index (χ1n) is 6.32. The Bertz CT molecular complexity index is 949. The Hall–Kier alpha value is -2.71. The largest absolute Gasteiger partial charge is 0.323 e. The normalized spacial score (nSPS) is 11.5. The number of carbonyl (C=O) groups is 1. The Labute approximate surface area is 126 Å². The van der Waals surface area contributed by atoms with Crippen molar-refractivity contribution in [3.63, 3.8) is 0 Å². The van der Waals surface area contributed by atoms with Crippen molar-refractivity contribution in [3.8, 4) is 0 Å². The van der Waals surface area contributed by atoms with Crippen molar-refractivity contribution in [1.82, 2.24) is 9.97 Å². The van der Waals surface area contributed by atoms with E-state index in [0.717, 1.165) is 0 Å². The lowest BCUT2D eigenvalue weighted by molar-refractivity contribution is 0.103. The van der Waals surface area contributed by atoms with Gasteiger partial charge in [-0.3, -0.25) is 4.79 Å². The molecule has 2 aromatic carbocycles. The third kappa shape index (κ3) is 2.97. The molecule has 0 aliphatic rings. The molecule has 0 fully saturated rings. The summed E-state index contributed by atoms with van der Waals surface area (Å²) < 4.78 is 24.0. The van der Waals surface area contributed by atoms with Crippen LogP contribution in [0.5, 0.6) is 0 Å². The van der Waals surface area contributed by atoms with Crippen molar-refractivity contribution in [2.45, 2.75) is 0 Å². The number of fused-ring (bicyclic) bond motifs is 1. The van der Waals surface area contributed by atoms with Gasteiger partial charge in [-0.1, -0.05) is 30.3 Å². The predicted octanol–water partition coefficient (Wildman–Crippen LogP) is 1.41. The van der Waals surface area contributed by atoms with Crippen LogP contribution in [-0.4, -0.2) is 24.2 Å². The Kier molecular flexibility index (Phi) is 3.39. The van der Waals surface area contributed by atoms with Crippen molar-refractivity contribution in [2.75, 3.05) is 4.72 Å². The van der Waals surface area contributed by atoms with Crippen LogP contribution in [0.15, 0.2) is 48.5 Å². The summed E-state index contributed by atoms with van der Waals surface area (Å²) in [5.74, 6) is -0.125. The molecule has 3 aromatic rings.